The van der Waals surface area contributed by atoms with E-state index in [4.69, 9.17) is 4.74 Å². The number of nitrogens with one attached hydrogen (secondary N) is 1. The number of ether oxygens (including phenoxy) is 1. The summed E-state index contributed by atoms with van der Waals surface area (Å²) in [5, 5.41) is 3.51. The second-order valence-corrected chi connectivity index (χ2v) is 6.47. The zero-order chi connectivity index (χ0) is 15.1. The molecule has 0 aliphatic carbocycles. The first kappa shape index (κ1) is 16.3. The monoisotopic (exact) mass is 290 g/mol. The first-order chi connectivity index (χ1) is 10.1. The fraction of sp³-hybridized carbons (Fsp3) is 0.667. The lowest BCUT2D eigenvalue weighted by molar-refractivity contribution is 0.143. The number of piperidine rings is 1. The Balaban J connectivity index is 1.77. The summed E-state index contributed by atoms with van der Waals surface area (Å²) in [6.07, 6.45) is 2.67. The smallest absolute Gasteiger partial charge is 0.119 e. The molecule has 1 atom stereocenters. The van der Waals surface area contributed by atoms with Gasteiger partial charge in [-0.3, -0.25) is 4.90 Å². The van der Waals surface area contributed by atoms with Gasteiger partial charge in [-0.1, -0.05) is 12.1 Å². The summed E-state index contributed by atoms with van der Waals surface area (Å²) < 4.78 is 5.90. The summed E-state index contributed by atoms with van der Waals surface area (Å²) in [5.41, 5.74) is 1.25. The average molecular weight is 290 g/mol. The third-order valence-corrected chi connectivity index (χ3v) is 4.26. The van der Waals surface area contributed by atoms with Crippen molar-refractivity contribution in [3.8, 4) is 5.75 Å². The van der Waals surface area contributed by atoms with Crippen molar-refractivity contribution in [3.05, 3.63) is 29.8 Å². The van der Waals surface area contributed by atoms with E-state index < -0.39 is 0 Å². The Morgan fingerprint density at radius 2 is 2.24 bits per heavy atom. The molecule has 1 unspecified atom stereocenters. The van der Waals surface area contributed by atoms with Crippen LogP contribution >= 0.6 is 0 Å². The molecule has 3 nitrogen and oxygen atoms in total. The van der Waals surface area contributed by atoms with Crippen molar-refractivity contribution < 1.29 is 4.74 Å². The molecule has 1 aliphatic rings. The van der Waals surface area contributed by atoms with Crippen LogP contribution in [0.25, 0.3) is 0 Å². The van der Waals surface area contributed by atoms with E-state index in [1.54, 1.807) is 0 Å². The molecule has 0 saturated carbocycles. The van der Waals surface area contributed by atoms with Crippen LogP contribution in [-0.2, 0) is 0 Å². The van der Waals surface area contributed by atoms with E-state index in [2.05, 4.69) is 49.2 Å². The Labute approximate surface area is 129 Å². The molecule has 118 valence electrons. The maximum atomic E-state index is 5.90. The normalized spacial score (nSPS) is 19.2. The molecule has 1 N–H and O–H groups in total. The highest BCUT2D eigenvalue weighted by atomic mass is 16.5. The van der Waals surface area contributed by atoms with Gasteiger partial charge >= 0.3 is 0 Å². The molecule has 1 heterocycles. The second-order valence-electron chi connectivity index (χ2n) is 6.47. The summed E-state index contributed by atoms with van der Waals surface area (Å²) in [5.74, 6) is 1.78. The lowest BCUT2D eigenvalue weighted by Crippen LogP contribution is -2.42. The Morgan fingerprint density at radius 3 is 2.90 bits per heavy atom. The van der Waals surface area contributed by atoms with E-state index >= 15 is 0 Å². The summed E-state index contributed by atoms with van der Waals surface area (Å²) in [6.45, 7) is 12.0. The second kappa shape index (κ2) is 8.40. The SMILES string of the molecule is Cc1cccc(OCCN(CC2CCCNC2)C(C)C)c1. The fourth-order valence-electron chi connectivity index (χ4n) is 2.96. The molecule has 3 heteroatoms. The molecule has 2 rings (SSSR count). The highest BCUT2D eigenvalue weighted by Crippen LogP contribution is 2.15. The van der Waals surface area contributed by atoms with Crippen molar-refractivity contribution in [3.63, 3.8) is 0 Å². The van der Waals surface area contributed by atoms with E-state index in [0.29, 0.717) is 6.04 Å². The Morgan fingerprint density at radius 1 is 1.38 bits per heavy atom. The van der Waals surface area contributed by atoms with Crippen LogP contribution in [0.15, 0.2) is 24.3 Å². The van der Waals surface area contributed by atoms with Crippen LogP contribution in [-0.4, -0.2) is 43.7 Å². The summed E-state index contributed by atoms with van der Waals surface area (Å²) in [7, 11) is 0. The first-order valence-electron chi connectivity index (χ1n) is 8.29. The Hall–Kier alpha value is -1.06. The minimum atomic E-state index is 0.577. The molecule has 1 aliphatic heterocycles. The van der Waals surface area contributed by atoms with Crippen LogP contribution in [0.3, 0.4) is 0 Å². The number of hydrogen-bond acceptors (Lipinski definition) is 3. The molecule has 1 saturated heterocycles. The van der Waals surface area contributed by atoms with Gasteiger partial charge in [-0.25, -0.2) is 0 Å². The predicted molar refractivity (Wildman–Crippen MR) is 89.0 cm³/mol. The highest BCUT2D eigenvalue weighted by Gasteiger charge is 2.18. The van der Waals surface area contributed by atoms with E-state index in [1.807, 2.05) is 6.07 Å². The van der Waals surface area contributed by atoms with Crippen molar-refractivity contribution in [2.45, 2.75) is 39.7 Å². The van der Waals surface area contributed by atoms with Crippen LogP contribution in [0.1, 0.15) is 32.3 Å². The zero-order valence-electron chi connectivity index (χ0n) is 13.8. The van der Waals surface area contributed by atoms with Gasteiger partial charge < -0.3 is 10.1 Å². The lowest BCUT2D eigenvalue weighted by Gasteiger charge is -2.32. The largest absolute Gasteiger partial charge is 0.492 e. The van der Waals surface area contributed by atoms with Gasteiger partial charge in [0.25, 0.3) is 0 Å². The minimum absolute atomic E-state index is 0.577. The maximum Gasteiger partial charge on any atom is 0.119 e. The molecule has 0 amide bonds. The number of rotatable bonds is 7. The van der Waals surface area contributed by atoms with Crippen molar-refractivity contribution >= 4 is 0 Å². The molecule has 0 bridgehead atoms. The Kier molecular flexibility index (Phi) is 6.52. The molecule has 0 aromatic heterocycles. The summed E-state index contributed by atoms with van der Waals surface area (Å²) >= 11 is 0. The van der Waals surface area contributed by atoms with Crippen molar-refractivity contribution in [2.75, 3.05) is 32.8 Å². The topological polar surface area (TPSA) is 24.5 Å². The molecular weight excluding hydrogens is 260 g/mol. The zero-order valence-corrected chi connectivity index (χ0v) is 13.8. The van der Waals surface area contributed by atoms with Crippen molar-refractivity contribution in [2.24, 2.45) is 5.92 Å². The van der Waals surface area contributed by atoms with Gasteiger partial charge in [-0.15, -0.1) is 0 Å². The van der Waals surface area contributed by atoms with Gasteiger partial charge in [0.05, 0.1) is 0 Å². The van der Waals surface area contributed by atoms with Crippen molar-refractivity contribution in [1.82, 2.24) is 10.2 Å². The molecule has 1 aromatic carbocycles. The number of benzene rings is 1. The standard InChI is InChI=1S/C18H30N2O/c1-15(2)20(14-17-7-5-9-19-13-17)10-11-21-18-8-4-6-16(3)12-18/h4,6,8,12,15,17,19H,5,7,9-11,13-14H2,1-3H3. The van der Waals surface area contributed by atoms with Gasteiger partial charge in [-0.05, 0) is 70.3 Å². The fourth-order valence-corrected chi connectivity index (χ4v) is 2.96. The predicted octanol–water partition coefficient (Wildman–Crippen LogP) is 3.08. The molecule has 0 spiro atoms. The van der Waals surface area contributed by atoms with E-state index in [9.17, 15) is 0 Å². The highest BCUT2D eigenvalue weighted by molar-refractivity contribution is 5.27. The van der Waals surface area contributed by atoms with E-state index in [1.165, 1.54) is 38.0 Å². The van der Waals surface area contributed by atoms with Crippen LogP contribution in [0, 0.1) is 12.8 Å². The molecule has 21 heavy (non-hydrogen) atoms. The quantitative estimate of drug-likeness (QED) is 0.835. The average Bonchev–Trinajstić information content (AvgIpc) is 2.47. The number of aryl methyl sites for hydroxylation is 1. The number of hydrogen-bond donors (Lipinski definition) is 1. The number of nitrogens with zero attached hydrogens (tertiary/aromatic N) is 1. The summed E-state index contributed by atoms with van der Waals surface area (Å²) in [6, 6.07) is 8.87. The maximum absolute atomic E-state index is 5.90. The minimum Gasteiger partial charge on any atom is -0.492 e. The van der Waals surface area contributed by atoms with Crippen LogP contribution < -0.4 is 10.1 Å². The van der Waals surface area contributed by atoms with Gasteiger partial charge in [0, 0.05) is 19.1 Å². The van der Waals surface area contributed by atoms with Crippen LogP contribution in [0.5, 0.6) is 5.75 Å². The third kappa shape index (κ3) is 5.68. The molecule has 1 aromatic rings. The van der Waals surface area contributed by atoms with Gasteiger partial charge in [-0.2, -0.15) is 0 Å². The Bertz CT molecular complexity index is 413. The van der Waals surface area contributed by atoms with Crippen LogP contribution in [0.4, 0.5) is 0 Å². The van der Waals surface area contributed by atoms with Crippen LogP contribution in [0.2, 0.25) is 0 Å². The van der Waals surface area contributed by atoms with E-state index in [0.717, 1.165) is 24.8 Å². The molecule has 0 radical (unpaired) electrons. The van der Waals surface area contributed by atoms with Gasteiger partial charge in [0.1, 0.15) is 12.4 Å². The van der Waals surface area contributed by atoms with Gasteiger partial charge in [0.15, 0.2) is 0 Å². The van der Waals surface area contributed by atoms with Gasteiger partial charge in [0.2, 0.25) is 0 Å². The molecular formula is C18H30N2O. The molecule has 1 fully saturated rings. The third-order valence-electron chi connectivity index (χ3n) is 4.26. The first-order valence-corrected chi connectivity index (χ1v) is 8.29. The van der Waals surface area contributed by atoms with Crippen molar-refractivity contribution in [1.29, 1.82) is 0 Å². The summed E-state index contributed by atoms with van der Waals surface area (Å²) in [4.78, 5) is 2.55. The van der Waals surface area contributed by atoms with E-state index in [-0.39, 0.29) is 0 Å². The lowest BCUT2D eigenvalue weighted by atomic mass is 9.98.